The zero-order valence-electron chi connectivity index (χ0n) is 18.1. The minimum absolute atomic E-state index is 0.0375. The van der Waals surface area contributed by atoms with Gasteiger partial charge < -0.3 is 10.2 Å². The van der Waals surface area contributed by atoms with Crippen molar-refractivity contribution in [2.45, 2.75) is 58.0 Å². The fourth-order valence-corrected chi connectivity index (χ4v) is 3.87. The number of hydrogen-bond acceptors (Lipinski definition) is 6. The Labute approximate surface area is 182 Å². The predicted molar refractivity (Wildman–Crippen MR) is 119 cm³/mol. The van der Waals surface area contributed by atoms with Crippen molar-refractivity contribution in [3.05, 3.63) is 60.6 Å². The van der Waals surface area contributed by atoms with Crippen molar-refractivity contribution in [3.8, 4) is 5.95 Å². The number of hydrogen-bond donors (Lipinski definition) is 1. The summed E-state index contributed by atoms with van der Waals surface area (Å²) in [7, 11) is 0. The van der Waals surface area contributed by atoms with E-state index >= 15 is 0 Å². The monoisotopic (exact) mass is 419 g/mol. The molecule has 1 saturated heterocycles. The summed E-state index contributed by atoms with van der Waals surface area (Å²) < 4.78 is 1.83. The number of amides is 1. The van der Waals surface area contributed by atoms with Gasteiger partial charge in [0.25, 0.3) is 0 Å². The number of rotatable bonds is 7. The van der Waals surface area contributed by atoms with Crippen molar-refractivity contribution in [1.29, 1.82) is 0 Å². The van der Waals surface area contributed by atoms with Gasteiger partial charge >= 0.3 is 0 Å². The van der Waals surface area contributed by atoms with Crippen LogP contribution in [0.1, 0.15) is 56.8 Å². The van der Waals surface area contributed by atoms with E-state index in [0.717, 1.165) is 43.0 Å². The molecule has 1 atom stereocenters. The van der Waals surface area contributed by atoms with Gasteiger partial charge in [-0.1, -0.05) is 19.9 Å². The van der Waals surface area contributed by atoms with Gasteiger partial charge in [0.1, 0.15) is 12.1 Å². The fourth-order valence-electron chi connectivity index (χ4n) is 3.87. The first-order valence-electron chi connectivity index (χ1n) is 10.9. The van der Waals surface area contributed by atoms with Crippen molar-refractivity contribution in [2.75, 3.05) is 11.4 Å². The van der Waals surface area contributed by atoms with Crippen LogP contribution < -0.4 is 10.2 Å². The standard InChI is InChI=1S/C23H29N7O/c1-17(2)20-14-21(28-23(27-20)29-12-10-24-16-29)30-11-6-4-8-19(30)13-22(31)26-15-18-7-3-5-9-25-18/h3,5,7,9-10,12,14,16-17,19H,4,6,8,11,13,15H2,1-2H3,(H,26,31). The van der Waals surface area contributed by atoms with Crippen LogP contribution in [0, 0.1) is 0 Å². The van der Waals surface area contributed by atoms with E-state index in [1.807, 2.05) is 29.0 Å². The van der Waals surface area contributed by atoms with E-state index in [1.54, 1.807) is 18.7 Å². The lowest BCUT2D eigenvalue weighted by Gasteiger charge is -2.36. The molecule has 0 saturated carbocycles. The zero-order valence-corrected chi connectivity index (χ0v) is 18.1. The number of pyridine rings is 1. The molecule has 0 aliphatic carbocycles. The Kier molecular flexibility index (Phi) is 6.54. The number of aromatic nitrogens is 5. The van der Waals surface area contributed by atoms with E-state index in [1.165, 1.54) is 0 Å². The third-order valence-electron chi connectivity index (χ3n) is 5.58. The number of nitrogens with zero attached hydrogens (tertiary/aromatic N) is 6. The minimum Gasteiger partial charge on any atom is -0.353 e. The van der Waals surface area contributed by atoms with Crippen LogP contribution in [0.4, 0.5) is 5.82 Å². The Morgan fingerprint density at radius 2 is 2.13 bits per heavy atom. The van der Waals surface area contributed by atoms with Gasteiger partial charge in [-0.15, -0.1) is 0 Å². The second kappa shape index (κ2) is 9.68. The number of nitrogens with one attached hydrogen (secondary N) is 1. The highest BCUT2D eigenvalue weighted by Gasteiger charge is 2.27. The molecule has 1 amide bonds. The highest BCUT2D eigenvalue weighted by Crippen LogP contribution is 2.28. The zero-order chi connectivity index (χ0) is 21.6. The Morgan fingerprint density at radius 1 is 1.23 bits per heavy atom. The molecule has 4 heterocycles. The number of imidazole rings is 1. The molecule has 1 aliphatic rings. The van der Waals surface area contributed by atoms with Gasteiger partial charge in [-0.3, -0.25) is 14.3 Å². The van der Waals surface area contributed by atoms with Crippen molar-refractivity contribution >= 4 is 11.7 Å². The molecule has 1 unspecified atom stereocenters. The Balaban J connectivity index is 1.52. The molecule has 3 aromatic rings. The first-order chi connectivity index (χ1) is 15.1. The van der Waals surface area contributed by atoms with Gasteiger partial charge in [-0.25, -0.2) is 9.97 Å². The fraction of sp³-hybridized carbons (Fsp3) is 0.435. The van der Waals surface area contributed by atoms with Gasteiger partial charge in [-0.05, 0) is 37.3 Å². The molecule has 1 N–H and O–H groups in total. The van der Waals surface area contributed by atoms with Crippen LogP contribution in [0.2, 0.25) is 0 Å². The normalized spacial score (nSPS) is 16.5. The molecular formula is C23H29N7O. The van der Waals surface area contributed by atoms with E-state index in [9.17, 15) is 4.79 Å². The molecule has 1 fully saturated rings. The molecule has 4 rings (SSSR count). The molecule has 8 nitrogen and oxygen atoms in total. The number of carbonyl (C=O) groups is 1. The largest absolute Gasteiger partial charge is 0.353 e. The summed E-state index contributed by atoms with van der Waals surface area (Å²) in [5, 5.41) is 3.01. The van der Waals surface area contributed by atoms with Crippen LogP contribution >= 0.6 is 0 Å². The van der Waals surface area contributed by atoms with Crippen LogP contribution in [0.3, 0.4) is 0 Å². The molecule has 8 heteroatoms. The summed E-state index contributed by atoms with van der Waals surface area (Å²) in [5.74, 6) is 1.80. The lowest BCUT2D eigenvalue weighted by atomic mass is 9.98. The summed E-state index contributed by atoms with van der Waals surface area (Å²) in [6.45, 7) is 5.59. The summed E-state index contributed by atoms with van der Waals surface area (Å²) in [6.07, 6.45) is 10.6. The topological polar surface area (TPSA) is 88.8 Å². The molecule has 1 aliphatic heterocycles. The van der Waals surface area contributed by atoms with E-state index in [-0.39, 0.29) is 17.9 Å². The molecule has 162 valence electrons. The van der Waals surface area contributed by atoms with Gasteiger partial charge in [0, 0.05) is 43.7 Å². The average molecular weight is 420 g/mol. The van der Waals surface area contributed by atoms with Crippen LogP contribution in [0.25, 0.3) is 5.95 Å². The van der Waals surface area contributed by atoms with E-state index in [0.29, 0.717) is 18.9 Å². The Hall–Kier alpha value is -3.29. The molecule has 0 bridgehead atoms. The van der Waals surface area contributed by atoms with E-state index < -0.39 is 0 Å². The third-order valence-corrected chi connectivity index (χ3v) is 5.58. The highest BCUT2D eigenvalue weighted by atomic mass is 16.1. The molecule has 0 spiro atoms. The lowest BCUT2D eigenvalue weighted by molar-refractivity contribution is -0.121. The van der Waals surface area contributed by atoms with E-state index in [4.69, 9.17) is 9.97 Å². The Morgan fingerprint density at radius 3 is 2.87 bits per heavy atom. The average Bonchev–Trinajstić information content (AvgIpc) is 3.33. The lowest BCUT2D eigenvalue weighted by Crippen LogP contribution is -2.43. The summed E-state index contributed by atoms with van der Waals surface area (Å²) in [5.41, 5.74) is 1.84. The van der Waals surface area contributed by atoms with Gasteiger partial charge in [0.2, 0.25) is 11.9 Å². The quantitative estimate of drug-likeness (QED) is 0.632. The van der Waals surface area contributed by atoms with Crippen LogP contribution in [-0.2, 0) is 11.3 Å². The smallest absolute Gasteiger partial charge is 0.237 e. The minimum atomic E-state index is 0.0375. The molecule has 0 radical (unpaired) electrons. The van der Waals surface area contributed by atoms with Gasteiger partial charge in [0.15, 0.2) is 0 Å². The molecule has 31 heavy (non-hydrogen) atoms. The van der Waals surface area contributed by atoms with Crippen molar-refractivity contribution in [1.82, 2.24) is 29.8 Å². The summed E-state index contributed by atoms with van der Waals surface area (Å²) >= 11 is 0. The maximum atomic E-state index is 12.7. The molecular weight excluding hydrogens is 390 g/mol. The van der Waals surface area contributed by atoms with Crippen LogP contribution in [-0.4, -0.2) is 43.0 Å². The summed E-state index contributed by atoms with van der Waals surface area (Å²) in [6, 6.07) is 7.89. The third kappa shape index (κ3) is 5.25. The highest BCUT2D eigenvalue weighted by molar-refractivity contribution is 5.77. The molecule has 0 aromatic carbocycles. The van der Waals surface area contributed by atoms with Crippen LogP contribution in [0.5, 0.6) is 0 Å². The van der Waals surface area contributed by atoms with Crippen LogP contribution in [0.15, 0.2) is 49.2 Å². The van der Waals surface area contributed by atoms with Crippen molar-refractivity contribution in [2.24, 2.45) is 0 Å². The second-order valence-electron chi connectivity index (χ2n) is 8.22. The second-order valence-corrected chi connectivity index (χ2v) is 8.22. The first kappa shape index (κ1) is 21.0. The van der Waals surface area contributed by atoms with Crippen molar-refractivity contribution < 1.29 is 4.79 Å². The van der Waals surface area contributed by atoms with Gasteiger partial charge in [-0.2, -0.15) is 4.98 Å². The summed E-state index contributed by atoms with van der Waals surface area (Å²) in [4.78, 5) is 32.9. The number of piperidine rings is 1. The SMILES string of the molecule is CC(C)c1cc(N2CCCCC2CC(=O)NCc2ccccn2)nc(-n2ccnc2)n1. The maximum Gasteiger partial charge on any atom is 0.237 e. The number of anilines is 1. The predicted octanol–water partition coefficient (Wildman–Crippen LogP) is 3.25. The van der Waals surface area contributed by atoms with Gasteiger partial charge in [0.05, 0.1) is 17.9 Å². The number of carbonyl (C=O) groups excluding carboxylic acids is 1. The van der Waals surface area contributed by atoms with Crippen molar-refractivity contribution in [3.63, 3.8) is 0 Å². The van der Waals surface area contributed by atoms with E-state index in [2.05, 4.69) is 40.1 Å². The first-order valence-corrected chi connectivity index (χ1v) is 10.9. The Bertz CT molecular complexity index is 988. The molecule has 3 aromatic heterocycles. The maximum absolute atomic E-state index is 12.7.